The maximum atomic E-state index is 12.5. The molecular weight excluding hydrogens is 300 g/mol. The molecule has 0 spiro atoms. The molecule has 0 bridgehead atoms. The predicted octanol–water partition coefficient (Wildman–Crippen LogP) is 3.65. The number of rotatable bonds is 5. The van der Waals surface area contributed by atoms with Crippen LogP contribution in [0, 0.1) is 5.92 Å². The fourth-order valence-electron chi connectivity index (χ4n) is 3.39. The maximum absolute atomic E-state index is 12.5. The maximum Gasteiger partial charge on any atom is 0.256 e. The van der Waals surface area contributed by atoms with Gasteiger partial charge in [0.2, 0.25) is 5.95 Å². The Bertz CT molecular complexity index is 574. The van der Waals surface area contributed by atoms with Crippen molar-refractivity contribution in [3.05, 3.63) is 29.6 Å². The Balaban J connectivity index is 1.47. The minimum Gasteiger partial charge on any atom is -0.354 e. The molecule has 0 aromatic carbocycles. The fraction of sp³-hybridized carbons (Fsp3) is 0.632. The highest BCUT2D eigenvalue weighted by molar-refractivity contribution is 5.93. The number of aromatic nitrogens is 2. The summed E-state index contributed by atoms with van der Waals surface area (Å²) >= 11 is 0. The molecule has 1 aromatic rings. The number of likely N-dealkylation sites (tertiary alicyclic amines) is 1. The summed E-state index contributed by atoms with van der Waals surface area (Å²) in [5.41, 5.74) is 2.13. The van der Waals surface area contributed by atoms with Gasteiger partial charge in [0.15, 0.2) is 0 Å². The minimum atomic E-state index is 0.0563. The average molecular weight is 328 g/mol. The monoisotopic (exact) mass is 328 g/mol. The molecule has 24 heavy (non-hydrogen) atoms. The number of allylic oxidation sites excluding steroid dienone is 1. The molecule has 1 fully saturated rings. The van der Waals surface area contributed by atoms with Gasteiger partial charge in [0.05, 0.1) is 5.56 Å². The number of carbonyl (C=O) groups excluding carboxylic acids is 1. The van der Waals surface area contributed by atoms with E-state index in [2.05, 4.69) is 28.3 Å². The molecule has 0 unspecified atom stereocenters. The first-order valence-corrected chi connectivity index (χ1v) is 9.25. The van der Waals surface area contributed by atoms with E-state index in [0.717, 1.165) is 44.8 Å². The lowest BCUT2D eigenvalue weighted by Crippen LogP contribution is -2.38. The Kier molecular flexibility index (Phi) is 5.83. The Hall–Kier alpha value is -1.91. The molecule has 1 N–H and O–H groups in total. The summed E-state index contributed by atoms with van der Waals surface area (Å²) in [7, 11) is 0. The van der Waals surface area contributed by atoms with Crippen LogP contribution in [-0.2, 0) is 0 Å². The van der Waals surface area contributed by atoms with Crippen LogP contribution < -0.4 is 5.32 Å². The lowest BCUT2D eigenvalue weighted by molar-refractivity contribution is 0.0696. The van der Waals surface area contributed by atoms with Crippen molar-refractivity contribution in [3.8, 4) is 0 Å². The van der Waals surface area contributed by atoms with Crippen LogP contribution in [0.4, 0.5) is 5.95 Å². The van der Waals surface area contributed by atoms with E-state index >= 15 is 0 Å². The zero-order valence-electron chi connectivity index (χ0n) is 14.6. The molecule has 3 rings (SSSR count). The second kappa shape index (κ2) is 8.27. The van der Waals surface area contributed by atoms with Gasteiger partial charge < -0.3 is 10.2 Å². The minimum absolute atomic E-state index is 0.0563. The van der Waals surface area contributed by atoms with Crippen LogP contribution in [0.3, 0.4) is 0 Å². The lowest BCUT2D eigenvalue weighted by Gasteiger charge is -2.30. The van der Waals surface area contributed by atoms with E-state index in [1.165, 1.54) is 25.7 Å². The van der Waals surface area contributed by atoms with Gasteiger partial charge in [-0.2, -0.15) is 0 Å². The molecule has 5 nitrogen and oxygen atoms in total. The summed E-state index contributed by atoms with van der Waals surface area (Å²) in [6, 6.07) is 0. The van der Waals surface area contributed by atoms with Gasteiger partial charge in [-0.3, -0.25) is 4.79 Å². The van der Waals surface area contributed by atoms with Crippen molar-refractivity contribution in [3.63, 3.8) is 0 Å². The first-order valence-electron chi connectivity index (χ1n) is 9.25. The largest absolute Gasteiger partial charge is 0.354 e. The van der Waals surface area contributed by atoms with E-state index < -0.39 is 0 Å². The number of nitrogens with one attached hydrogen (secondary N) is 1. The van der Waals surface area contributed by atoms with Crippen molar-refractivity contribution in [1.29, 1.82) is 0 Å². The number of anilines is 1. The van der Waals surface area contributed by atoms with Crippen LogP contribution in [0.15, 0.2) is 24.0 Å². The zero-order valence-corrected chi connectivity index (χ0v) is 14.6. The number of carbonyl (C=O) groups is 1. The predicted molar refractivity (Wildman–Crippen MR) is 96.0 cm³/mol. The van der Waals surface area contributed by atoms with Crippen molar-refractivity contribution in [1.82, 2.24) is 14.9 Å². The normalized spacial score (nSPS) is 19.0. The molecule has 0 radical (unpaired) electrons. The molecule has 1 aliphatic carbocycles. The molecule has 130 valence electrons. The van der Waals surface area contributed by atoms with Crippen molar-refractivity contribution < 1.29 is 4.79 Å². The fourth-order valence-corrected chi connectivity index (χ4v) is 3.39. The lowest BCUT2D eigenvalue weighted by atomic mass is 9.97. The highest BCUT2D eigenvalue weighted by Crippen LogP contribution is 2.20. The van der Waals surface area contributed by atoms with Gasteiger partial charge in [-0.1, -0.05) is 18.6 Å². The molecule has 2 aliphatic rings. The molecule has 1 aromatic heterocycles. The Labute approximate surface area is 144 Å². The Morgan fingerprint density at radius 2 is 2.00 bits per heavy atom. The van der Waals surface area contributed by atoms with Gasteiger partial charge >= 0.3 is 0 Å². The Morgan fingerprint density at radius 1 is 1.25 bits per heavy atom. The van der Waals surface area contributed by atoms with Crippen LogP contribution in [0.5, 0.6) is 0 Å². The summed E-state index contributed by atoms with van der Waals surface area (Å²) in [6.45, 7) is 4.78. The number of nitrogens with zero attached hydrogens (tertiary/aromatic N) is 3. The molecular formula is C19H28N4O. The third-order valence-electron chi connectivity index (χ3n) is 5.08. The first-order chi connectivity index (χ1) is 11.7. The number of hydrogen-bond donors (Lipinski definition) is 1. The standard InChI is InChI=1S/C19H28N4O/c1-15-8-11-23(12-9-15)18(24)17-13-21-19(22-14-17)20-10-7-16-5-3-2-4-6-16/h5,13-15H,2-4,6-12H2,1H3,(H,20,21,22). The van der Waals surface area contributed by atoms with Gasteiger partial charge in [-0.05, 0) is 50.9 Å². The second-order valence-corrected chi connectivity index (χ2v) is 7.06. The van der Waals surface area contributed by atoms with Crippen molar-refractivity contribution in [2.75, 3.05) is 25.0 Å². The molecule has 0 saturated carbocycles. The smallest absolute Gasteiger partial charge is 0.256 e. The van der Waals surface area contributed by atoms with Crippen LogP contribution in [0.1, 0.15) is 62.2 Å². The van der Waals surface area contributed by atoms with Crippen molar-refractivity contribution in [2.45, 2.75) is 51.9 Å². The number of amides is 1. The topological polar surface area (TPSA) is 58.1 Å². The molecule has 1 saturated heterocycles. The molecule has 5 heteroatoms. The van der Waals surface area contributed by atoms with Crippen molar-refractivity contribution in [2.24, 2.45) is 5.92 Å². The molecule has 0 atom stereocenters. The van der Waals surface area contributed by atoms with Crippen LogP contribution in [-0.4, -0.2) is 40.4 Å². The van der Waals surface area contributed by atoms with Gasteiger partial charge in [0, 0.05) is 32.0 Å². The van der Waals surface area contributed by atoms with E-state index in [1.807, 2.05) is 4.90 Å². The summed E-state index contributed by atoms with van der Waals surface area (Å²) in [6.07, 6.45) is 14.0. The third-order valence-corrected chi connectivity index (χ3v) is 5.08. The zero-order chi connectivity index (χ0) is 16.8. The van der Waals surface area contributed by atoms with Gasteiger partial charge in [-0.15, -0.1) is 0 Å². The molecule has 2 heterocycles. The van der Waals surface area contributed by atoms with Crippen molar-refractivity contribution >= 4 is 11.9 Å². The van der Waals surface area contributed by atoms with E-state index in [9.17, 15) is 4.79 Å². The molecule has 1 aliphatic heterocycles. The quantitative estimate of drug-likeness (QED) is 0.838. The SMILES string of the molecule is CC1CCN(C(=O)c2cnc(NCCC3=CCCCC3)nc2)CC1. The highest BCUT2D eigenvalue weighted by atomic mass is 16.2. The summed E-state index contributed by atoms with van der Waals surface area (Å²) in [5.74, 6) is 1.38. The average Bonchev–Trinajstić information content (AvgIpc) is 2.63. The van der Waals surface area contributed by atoms with Crippen LogP contribution >= 0.6 is 0 Å². The second-order valence-electron chi connectivity index (χ2n) is 7.06. The van der Waals surface area contributed by atoms with Gasteiger partial charge in [0.25, 0.3) is 5.91 Å². The van der Waals surface area contributed by atoms with Crippen LogP contribution in [0.2, 0.25) is 0 Å². The van der Waals surface area contributed by atoms with E-state index in [-0.39, 0.29) is 5.91 Å². The van der Waals surface area contributed by atoms with E-state index in [1.54, 1.807) is 18.0 Å². The highest BCUT2D eigenvalue weighted by Gasteiger charge is 2.21. The third kappa shape index (κ3) is 4.56. The first kappa shape index (κ1) is 16.9. The summed E-state index contributed by atoms with van der Waals surface area (Å²) < 4.78 is 0. The van der Waals surface area contributed by atoms with E-state index in [4.69, 9.17) is 0 Å². The van der Waals surface area contributed by atoms with Gasteiger partial charge in [0.1, 0.15) is 0 Å². The number of piperidine rings is 1. The van der Waals surface area contributed by atoms with E-state index in [0.29, 0.717) is 11.5 Å². The van der Waals surface area contributed by atoms with Crippen LogP contribution in [0.25, 0.3) is 0 Å². The summed E-state index contributed by atoms with van der Waals surface area (Å²) in [5, 5.41) is 3.26. The molecule has 1 amide bonds. The summed E-state index contributed by atoms with van der Waals surface area (Å²) in [4.78, 5) is 23.0. The van der Waals surface area contributed by atoms with Gasteiger partial charge in [-0.25, -0.2) is 9.97 Å². The Morgan fingerprint density at radius 3 is 2.67 bits per heavy atom. The number of hydrogen-bond acceptors (Lipinski definition) is 4.